The fraction of sp³-hybridized carbons (Fsp3) is 0.944. The van der Waals surface area contributed by atoms with E-state index in [1.54, 1.807) is 0 Å². The summed E-state index contributed by atoms with van der Waals surface area (Å²) in [5, 5.41) is 13.7. The van der Waals surface area contributed by atoms with E-state index in [1.165, 1.54) is 25.7 Å². The number of hydrogen-bond donors (Lipinski definition) is 2. The number of amides is 1. The SMILES string of the molecule is C[C@]12CCC(=O)N[C@@H]1CC[C@@H]1[C@@H]2CC[C@]2(C)C(O)CC[C@@H]12. The maximum absolute atomic E-state index is 11.8. The molecule has 1 aliphatic heterocycles. The summed E-state index contributed by atoms with van der Waals surface area (Å²) in [6.07, 6.45) is 8.72. The molecule has 4 aliphatic rings. The van der Waals surface area contributed by atoms with Gasteiger partial charge in [0.05, 0.1) is 6.10 Å². The van der Waals surface area contributed by atoms with Gasteiger partial charge in [0.25, 0.3) is 0 Å². The Morgan fingerprint density at radius 3 is 2.57 bits per heavy atom. The quantitative estimate of drug-likeness (QED) is 0.721. The van der Waals surface area contributed by atoms with E-state index < -0.39 is 0 Å². The minimum absolute atomic E-state index is 0.0833. The van der Waals surface area contributed by atoms with Gasteiger partial charge in [-0.05, 0) is 73.5 Å². The molecule has 3 nitrogen and oxygen atoms in total. The third-order valence-corrected chi connectivity index (χ3v) is 8.04. The summed E-state index contributed by atoms with van der Waals surface area (Å²) >= 11 is 0. The minimum atomic E-state index is -0.0833. The van der Waals surface area contributed by atoms with Crippen molar-refractivity contribution in [2.75, 3.05) is 0 Å². The van der Waals surface area contributed by atoms with Crippen molar-refractivity contribution in [1.82, 2.24) is 5.32 Å². The molecule has 0 aromatic carbocycles. The summed E-state index contributed by atoms with van der Waals surface area (Å²) in [4.78, 5) is 11.8. The van der Waals surface area contributed by atoms with Crippen LogP contribution in [0.4, 0.5) is 0 Å². The average molecular weight is 291 g/mol. The zero-order chi connectivity index (χ0) is 14.8. The standard InChI is InChI=1S/C18H29NO2/c1-17-10-8-16(21)19-14(17)5-3-11-12-4-6-15(20)18(12,2)9-7-13(11)17/h11-15,20H,3-10H2,1-2H3,(H,19,21)/t11-,12-,13-,14+,15?,17+,18-/m0/s1. The van der Waals surface area contributed by atoms with Gasteiger partial charge in [-0.15, -0.1) is 0 Å². The highest BCUT2D eigenvalue weighted by Crippen LogP contribution is 2.63. The number of piperidine rings is 1. The Morgan fingerprint density at radius 1 is 1.00 bits per heavy atom. The van der Waals surface area contributed by atoms with E-state index in [1.807, 2.05) is 0 Å². The maximum Gasteiger partial charge on any atom is 0.220 e. The van der Waals surface area contributed by atoms with E-state index in [0.29, 0.717) is 23.8 Å². The van der Waals surface area contributed by atoms with Crippen molar-refractivity contribution in [3.63, 3.8) is 0 Å². The van der Waals surface area contributed by atoms with Crippen LogP contribution in [-0.4, -0.2) is 23.2 Å². The Kier molecular flexibility index (Phi) is 2.99. The van der Waals surface area contributed by atoms with Crippen LogP contribution in [0.15, 0.2) is 0 Å². The monoisotopic (exact) mass is 291 g/mol. The van der Waals surface area contributed by atoms with Gasteiger partial charge in [-0.2, -0.15) is 0 Å². The third kappa shape index (κ3) is 1.79. The number of nitrogens with one attached hydrogen (secondary N) is 1. The van der Waals surface area contributed by atoms with Crippen molar-refractivity contribution in [3.8, 4) is 0 Å². The van der Waals surface area contributed by atoms with Crippen LogP contribution >= 0.6 is 0 Å². The molecule has 7 atom stereocenters. The lowest BCUT2D eigenvalue weighted by Crippen LogP contribution is -2.61. The van der Waals surface area contributed by atoms with Crippen LogP contribution in [-0.2, 0) is 4.79 Å². The normalized spacial score (nSPS) is 56.1. The Morgan fingerprint density at radius 2 is 1.76 bits per heavy atom. The molecular weight excluding hydrogens is 262 g/mol. The van der Waals surface area contributed by atoms with Crippen LogP contribution in [0.1, 0.15) is 65.2 Å². The number of aliphatic hydroxyl groups excluding tert-OH is 1. The van der Waals surface area contributed by atoms with Crippen LogP contribution < -0.4 is 5.32 Å². The predicted molar refractivity (Wildman–Crippen MR) is 81.6 cm³/mol. The molecule has 3 heteroatoms. The molecule has 4 fully saturated rings. The smallest absolute Gasteiger partial charge is 0.220 e. The molecule has 118 valence electrons. The van der Waals surface area contributed by atoms with Crippen molar-refractivity contribution in [3.05, 3.63) is 0 Å². The summed E-state index contributed by atoms with van der Waals surface area (Å²) in [5.41, 5.74) is 0.466. The predicted octanol–water partition coefficient (Wildman–Crippen LogP) is 2.87. The Hall–Kier alpha value is -0.570. The van der Waals surface area contributed by atoms with Gasteiger partial charge >= 0.3 is 0 Å². The first-order chi connectivity index (χ1) is 9.95. The first kappa shape index (κ1) is 14.0. The first-order valence-electron chi connectivity index (χ1n) is 8.92. The van der Waals surface area contributed by atoms with E-state index in [4.69, 9.17) is 0 Å². The summed E-state index contributed by atoms with van der Waals surface area (Å²) in [6.45, 7) is 4.77. The van der Waals surface area contributed by atoms with Crippen molar-refractivity contribution in [1.29, 1.82) is 0 Å². The summed E-state index contributed by atoms with van der Waals surface area (Å²) in [7, 11) is 0. The molecule has 3 saturated carbocycles. The number of aliphatic hydroxyl groups is 1. The molecule has 1 amide bonds. The summed E-state index contributed by atoms with van der Waals surface area (Å²) in [6, 6.07) is 0.399. The largest absolute Gasteiger partial charge is 0.393 e. The van der Waals surface area contributed by atoms with Crippen molar-refractivity contribution in [2.45, 2.75) is 77.4 Å². The summed E-state index contributed by atoms with van der Waals surface area (Å²) < 4.78 is 0. The van der Waals surface area contributed by atoms with Crippen LogP contribution in [0, 0.1) is 28.6 Å². The lowest BCUT2D eigenvalue weighted by atomic mass is 9.47. The maximum atomic E-state index is 11.8. The lowest BCUT2D eigenvalue weighted by Gasteiger charge is -2.59. The number of carbonyl (C=O) groups is 1. The average Bonchev–Trinajstić information content (AvgIpc) is 2.76. The van der Waals surface area contributed by atoms with Crippen molar-refractivity contribution in [2.24, 2.45) is 28.6 Å². The highest BCUT2D eigenvalue weighted by Gasteiger charge is 2.60. The molecule has 4 rings (SSSR count). The van der Waals surface area contributed by atoms with Crippen molar-refractivity contribution < 1.29 is 9.90 Å². The van der Waals surface area contributed by atoms with Gasteiger partial charge < -0.3 is 10.4 Å². The van der Waals surface area contributed by atoms with E-state index in [2.05, 4.69) is 19.2 Å². The lowest BCUT2D eigenvalue weighted by molar-refractivity contribution is -0.138. The van der Waals surface area contributed by atoms with Gasteiger partial charge in [-0.25, -0.2) is 0 Å². The van der Waals surface area contributed by atoms with Gasteiger partial charge in [0.1, 0.15) is 0 Å². The van der Waals surface area contributed by atoms with Crippen LogP contribution in [0.3, 0.4) is 0 Å². The Labute approximate surface area is 127 Å². The number of fused-ring (bicyclic) bond motifs is 5. The van der Waals surface area contributed by atoms with E-state index in [0.717, 1.165) is 31.1 Å². The molecular formula is C18H29NO2. The van der Waals surface area contributed by atoms with Gasteiger partial charge in [0.2, 0.25) is 5.91 Å². The molecule has 1 unspecified atom stereocenters. The zero-order valence-electron chi connectivity index (χ0n) is 13.4. The van der Waals surface area contributed by atoms with Gasteiger partial charge in [-0.1, -0.05) is 13.8 Å². The van der Waals surface area contributed by atoms with Gasteiger partial charge in [0.15, 0.2) is 0 Å². The van der Waals surface area contributed by atoms with Crippen molar-refractivity contribution >= 4 is 5.91 Å². The number of carbonyl (C=O) groups excluding carboxylic acids is 1. The Bertz CT molecular complexity index is 464. The topological polar surface area (TPSA) is 49.3 Å². The van der Waals surface area contributed by atoms with Crippen LogP contribution in [0.5, 0.6) is 0 Å². The Balaban J connectivity index is 1.64. The second kappa shape index (κ2) is 4.47. The fourth-order valence-electron chi connectivity index (χ4n) is 6.67. The highest BCUT2D eigenvalue weighted by atomic mass is 16.3. The van der Waals surface area contributed by atoms with E-state index in [-0.39, 0.29) is 17.4 Å². The minimum Gasteiger partial charge on any atom is -0.393 e. The zero-order valence-corrected chi connectivity index (χ0v) is 13.4. The van der Waals surface area contributed by atoms with E-state index in [9.17, 15) is 9.90 Å². The van der Waals surface area contributed by atoms with Gasteiger partial charge in [0, 0.05) is 12.5 Å². The van der Waals surface area contributed by atoms with Crippen LogP contribution in [0.2, 0.25) is 0 Å². The summed E-state index contributed by atoms with van der Waals surface area (Å²) in [5.74, 6) is 2.49. The molecule has 0 aromatic rings. The van der Waals surface area contributed by atoms with Crippen LogP contribution in [0.25, 0.3) is 0 Å². The molecule has 1 heterocycles. The molecule has 0 spiro atoms. The second-order valence-electron chi connectivity index (χ2n) is 8.72. The molecule has 0 radical (unpaired) electrons. The van der Waals surface area contributed by atoms with Gasteiger partial charge in [-0.3, -0.25) is 4.79 Å². The highest BCUT2D eigenvalue weighted by molar-refractivity contribution is 5.77. The first-order valence-corrected chi connectivity index (χ1v) is 8.92. The molecule has 21 heavy (non-hydrogen) atoms. The molecule has 3 aliphatic carbocycles. The molecule has 0 aromatic heterocycles. The van der Waals surface area contributed by atoms with E-state index >= 15 is 0 Å². The molecule has 0 bridgehead atoms. The number of rotatable bonds is 0. The molecule has 1 saturated heterocycles. The second-order valence-corrected chi connectivity index (χ2v) is 8.72. The fourth-order valence-corrected chi connectivity index (χ4v) is 6.67. The third-order valence-electron chi connectivity index (χ3n) is 8.04. The number of hydrogen-bond acceptors (Lipinski definition) is 2. The molecule has 2 N–H and O–H groups in total.